The van der Waals surface area contributed by atoms with Crippen molar-refractivity contribution < 1.29 is 4.79 Å². The molecule has 0 aromatic rings. The van der Waals surface area contributed by atoms with Crippen LogP contribution in [0.3, 0.4) is 0 Å². The Kier molecular flexibility index (Phi) is 5.96. The Morgan fingerprint density at radius 1 is 1.47 bits per heavy atom. The quantitative estimate of drug-likeness (QED) is 0.701. The molecule has 0 saturated heterocycles. The highest BCUT2D eigenvalue weighted by Gasteiger charge is 2.34. The zero-order valence-electron chi connectivity index (χ0n) is 11.4. The molecule has 1 rings (SSSR count). The minimum Gasteiger partial charge on any atom is -0.349 e. The third kappa shape index (κ3) is 4.66. The van der Waals surface area contributed by atoms with Crippen molar-refractivity contribution in [3.8, 4) is 0 Å². The lowest BCUT2D eigenvalue weighted by Crippen LogP contribution is -2.55. The first kappa shape index (κ1) is 14.5. The second kappa shape index (κ2) is 7.00. The van der Waals surface area contributed by atoms with E-state index < -0.39 is 0 Å². The Balaban J connectivity index is 2.42. The number of carbonyl (C=O) groups excluding carboxylic acids is 1. The van der Waals surface area contributed by atoms with Crippen LogP contribution in [0.15, 0.2) is 0 Å². The van der Waals surface area contributed by atoms with Gasteiger partial charge in [0.1, 0.15) is 0 Å². The second-order valence-corrected chi connectivity index (χ2v) is 5.69. The highest BCUT2D eigenvalue weighted by Crippen LogP contribution is 2.31. The molecular formula is C14H28N2O. The topological polar surface area (TPSA) is 55.1 Å². The zero-order chi connectivity index (χ0) is 12.7. The molecule has 0 spiro atoms. The van der Waals surface area contributed by atoms with E-state index in [2.05, 4.69) is 19.2 Å². The SMILES string of the molecule is CCCCCC(=O)NC1(CN)CCCC(C)C1. The van der Waals surface area contributed by atoms with Crippen LogP contribution in [0, 0.1) is 5.92 Å². The van der Waals surface area contributed by atoms with E-state index in [9.17, 15) is 4.79 Å². The predicted molar refractivity (Wildman–Crippen MR) is 71.7 cm³/mol. The van der Waals surface area contributed by atoms with Gasteiger partial charge in [0.05, 0.1) is 5.54 Å². The van der Waals surface area contributed by atoms with Gasteiger partial charge in [-0.2, -0.15) is 0 Å². The summed E-state index contributed by atoms with van der Waals surface area (Å²) in [4.78, 5) is 11.9. The highest BCUT2D eigenvalue weighted by molar-refractivity contribution is 5.76. The van der Waals surface area contributed by atoms with E-state index in [1.165, 1.54) is 12.8 Å². The van der Waals surface area contributed by atoms with Crippen molar-refractivity contribution in [1.82, 2.24) is 5.32 Å². The lowest BCUT2D eigenvalue weighted by Gasteiger charge is -2.40. The maximum atomic E-state index is 11.9. The van der Waals surface area contributed by atoms with Crippen LogP contribution < -0.4 is 11.1 Å². The summed E-state index contributed by atoms with van der Waals surface area (Å²) in [6.07, 6.45) is 8.51. The first-order valence-electron chi connectivity index (χ1n) is 7.13. The van der Waals surface area contributed by atoms with Crippen molar-refractivity contribution in [1.29, 1.82) is 0 Å². The fraction of sp³-hybridized carbons (Fsp3) is 0.929. The van der Waals surface area contributed by atoms with Crippen LogP contribution in [-0.4, -0.2) is 18.0 Å². The molecule has 2 unspecified atom stereocenters. The van der Waals surface area contributed by atoms with Crippen molar-refractivity contribution in [2.45, 2.75) is 70.8 Å². The first-order chi connectivity index (χ1) is 8.12. The van der Waals surface area contributed by atoms with Gasteiger partial charge in [0.25, 0.3) is 0 Å². The molecule has 0 radical (unpaired) electrons. The second-order valence-electron chi connectivity index (χ2n) is 5.69. The van der Waals surface area contributed by atoms with Gasteiger partial charge in [-0.3, -0.25) is 4.79 Å². The molecule has 0 aromatic carbocycles. The third-order valence-corrected chi connectivity index (χ3v) is 3.89. The van der Waals surface area contributed by atoms with Gasteiger partial charge in [0, 0.05) is 13.0 Å². The number of unbranched alkanes of at least 4 members (excludes halogenated alkanes) is 2. The Hall–Kier alpha value is -0.570. The van der Waals surface area contributed by atoms with Crippen molar-refractivity contribution >= 4 is 5.91 Å². The summed E-state index contributed by atoms with van der Waals surface area (Å²) >= 11 is 0. The number of carbonyl (C=O) groups is 1. The lowest BCUT2D eigenvalue weighted by atomic mass is 9.76. The van der Waals surface area contributed by atoms with Crippen LogP contribution in [0.1, 0.15) is 65.2 Å². The molecular weight excluding hydrogens is 212 g/mol. The smallest absolute Gasteiger partial charge is 0.220 e. The van der Waals surface area contributed by atoms with Gasteiger partial charge >= 0.3 is 0 Å². The van der Waals surface area contributed by atoms with Crippen LogP contribution in [0.25, 0.3) is 0 Å². The average molecular weight is 240 g/mol. The third-order valence-electron chi connectivity index (χ3n) is 3.89. The number of hydrogen-bond donors (Lipinski definition) is 2. The standard InChI is InChI=1S/C14H28N2O/c1-3-4-5-8-13(17)16-14(11-15)9-6-7-12(2)10-14/h12H,3-11,15H2,1-2H3,(H,16,17). The minimum absolute atomic E-state index is 0.110. The Morgan fingerprint density at radius 3 is 2.82 bits per heavy atom. The van der Waals surface area contributed by atoms with E-state index in [4.69, 9.17) is 5.73 Å². The molecule has 1 aliphatic carbocycles. The molecule has 17 heavy (non-hydrogen) atoms. The summed E-state index contributed by atoms with van der Waals surface area (Å²) in [5, 5.41) is 3.21. The molecule has 0 aliphatic heterocycles. The van der Waals surface area contributed by atoms with E-state index >= 15 is 0 Å². The average Bonchev–Trinajstić information content (AvgIpc) is 2.29. The van der Waals surface area contributed by atoms with Crippen molar-refractivity contribution in [2.24, 2.45) is 11.7 Å². The summed E-state index contributed by atoms with van der Waals surface area (Å²) in [6, 6.07) is 0. The van der Waals surface area contributed by atoms with Crippen LogP contribution in [0.2, 0.25) is 0 Å². The van der Waals surface area contributed by atoms with Crippen molar-refractivity contribution in [2.75, 3.05) is 6.54 Å². The summed E-state index contributed by atoms with van der Waals surface area (Å²) < 4.78 is 0. The number of amides is 1. The van der Waals surface area contributed by atoms with Gasteiger partial charge in [0.15, 0.2) is 0 Å². The van der Waals surface area contributed by atoms with Crippen molar-refractivity contribution in [3.63, 3.8) is 0 Å². The van der Waals surface area contributed by atoms with Gasteiger partial charge in [-0.05, 0) is 25.2 Å². The predicted octanol–water partition coefficient (Wildman–Crippen LogP) is 2.59. The fourth-order valence-electron chi connectivity index (χ4n) is 2.90. The molecule has 1 aliphatic rings. The van der Waals surface area contributed by atoms with Crippen LogP contribution in [-0.2, 0) is 4.79 Å². The molecule has 3 nitrogen and oxygen atoms in total. The van der Waals surface area contributed by atoms with Crippen LogP contribution >= 0.6 is 0 Å². The summed E-state index contributed by atoms with van der Waals surface area (Å²) in [5.41, 5.74) is 5.78. The van der Waals surface area contributed by atoms with E-state index in [1.807, 2.05) is 0 Å². The molecule has 3 heteroatoms. The molecule has 0 aromatic heterocycles. The maximum absolute atomic E-state index is 11.9. The summed E-state index contributed by atoms with van der Waals surface area (Å²) in [7, 11) is 0. The van der Waals surface area contributed by atoms with Crippen LogP contribution in [0.5, 0.6) is 0 Å². The molecule has 1 amide bonds. The Morgan fingerprint density at radius 2 is 2.24 bits per heavy atom. The fourth-order valence-corrected chi connectivity index (χ4v) is 2.90. The van der Waals surface area contributed by atoms with Gasteiger partial charge < -0.3 is 11.1 Å². The monoisotopic (exact) mass is 240 g/mol. The Bertz CT molecular complexity index is 242. The number of rotatable bonds is 6. The first-order valence-corrected chi connectivity index (χ1v) is 7.13. The van der Waals surface area contributed by atoms with Gasteiger partial charge in [-0.25, -0.2) is 0 Å². The van der Waals surface area contributed by atoms with Crippen LogP contribution in [0.4, 0.5) is 0 Å². The normalized spacial score (nSPS) is 29.0. The number of nitrogens with one attached hydrogen (secondary N) is 1. The summed E-state index contributed by atoms with van der Waals surface area (Å²) in [5.74, 6) is 0.876. The maximum Gasteiger partial charge on any atom is 0.220 e. The number of nitrogens with two attached hydrogens (primary N) is 1. The Labute approximate surface area is 106 Å². The zero-order valence-corrected chi connectivity index (χ0v) is 11.4. The molecule has 100 valence electrons. The highest BCUT2D eigenvalue weighted by atomic mass is 16.1. The summed E-state index contributed by atoms with van der Waals surface area (Å²) in [6.45, 7) is 4.99. The number of hydrogen-bond acceptors (Lipinski definition) is 2. The van der Waals surface area contributed by atoms with Gasteiger partial charge in [-0.1, -0.05) is 39.5 Å². The molecule has 3 N–H and O–H groups in total. The van der Waals surface area contributed by atoms with E-state index in [1.54, 1.807) is 0 Å². The largest absolute Gasteiger partial charge is 0.349 e. The molecule has 0 bridgehead atoms. The minimum atomic E-state index is -0.110. The van der Waals surface area contributed by atoms with E-state index in [0.29, 0.717) is 18.9 Å². The van der Waals surface area contributed by atoms with E-state index in [0.717, 1.165) is 32.1 Å². The van der Waals surface area contributed by atoms with Crippen molar-refractivity contribution in [3.05, 3.63) is 0 Å². The molecule has 0 heterocycles. The lowest BCUT2D eigenvalue weighted by molar-refractivity contribution is -0.123. The van der Waals surface area contributed by atoms with E-state index in [-0.39, 0.29) is 11.4 Å². The molecule has 2 atom stereocenters. The van der Waals surface area contributed by atoms with Gasteiger partial charge in [0.2, 0.25) is 5.91 Å². The molecule has 1 saturated carbocycles. The van der Waals surface area contributed by atoms with Gasteiger partial charge in [-0.15, -0.1) is 0 Å². The molecule has 1 fully saturated rings.